The Bertz CT molecular complexity index is 851. The van der Waals surface area contributed by atoms with Crippen LogP contribution in [-0.2, 0) is 19.4 Å². The lowest BCUT2D eigenvalue weighted by Gasteiger charge is -2.14. The summed E-state index contributed by atoms with van der Waals surface area (Å²) in [6, 6.07) is 9.74. The molecule has 2 heterocycles. The van der Waals surface area contributed by atoms with Crippen LogP contribution in [0.3, 0.4) is 0 Å². The van der Waals surface area contributed by atoms with Crippen LogP contribution in [0.15, 0.2) is 55.1 Å². The minimum atomic E-state index is -0.260. The number of hydrogen-bond donors (Lipinski definition) is 2. The van der Waals surface area contributed by atoms with Gasteiger partial charge in [-0.3, -0.25) is 9.67 Å². The van der Waals surface area contributed by atoms with Crippen molar-refractivity contribution in [1.29, 1.82) is 0 Å². The minimum Gasteiger partial charge on any atom is -0.307 e. The van der Waals surface area contributed by atoms with E-state index in [9.17, 15) is 4.79 Å². The Labute approximate surface area is 153 Å². The van der Waals surface area contributed by atoms with Crippen molar-refractivity contribution in [3.63, 3.8) is 0 Å². The van der Waals surface area contributed by atoms with E-state index in [4.69, 9.17) is 0 Å². The van der Waals surface area contributed by atoms with Gasteiger partial charge in [-0.25, -0.2) is 4.79 Å². The number of aromatic nitrogens is 3. The van der Waals surface area contributed by atoms with Crippen LogP contribution in [0.4, 0.5) is 16.2 Å². The van der Waals surface area contributed by atoms with Crippen LogP contribution in [-0.4, -0.2) is 20.8 Å². The van der Waals surface area contributed by atoms with E-state index in [-0.39, 0.29) is 6.03 Å². The van der Waals surface area contributed by atoms with Gasteiger partial charge in [-0.1, -0.05) is 32.0 Å². The number of para-hydroxylation sites is 1. The molecule has 26 heavy (non-hydrogen) atoms. The van der Waals surface area contributed by atoms with Gasteiger partial charge in [-0.15, -0.1) is 0 Å². The zero-order valence-corrected chi connectivity index (χ0v) is 15.1. The molecular formula is C20H23N5O. The lowest BCUT2D eigenvalue weighted by Crippen LogP contribution is -2.21. The predicted molar refractivity (Wildman–Crippen MR) is 103 cm³/mol. The van der Waals surface area contributed by atoms with Gasteiger partial charge in [-0.05, 0) is 41.7 Å². The molecule has 0 spiro atoms. The maximum absolute atomic E-state index is 12.4. The first-order valence-electron chi connectivity index (χ1n) is 8.79. The molecule has 2 N–H and O–H groups in total. The summed E-state index contributed by atoms with van der Waals surface area (Å²) >= 11 is 0. The minimum absolute atomic E-state index is 0.260. The predicted octanol–water partition coefficient (Wildman–Crippen LogP) is 4.10. The van der Waals surface area contributed by atoms with Crippen molar-refractivity contribution >= 4 is 17.4 Å². The van der Waals surface area contributed by atoms with Gasteiger partial charge in [-0.2, -0.15) is 5.10 Å². The quantitative estimate of drug-likeness (QED) is 0.704. The van der Waals surface area contributed by atoms with Crippen LogP contribution < -0.4 is 10.6 Å². The molecule has 0 radical (unpaired) electrons. The molecule has 6 heteroatoms. The van der Waals surface area contributed by atoms with Crippen LogP contribution in [0.5, 0.6) is 0 Å². The molecule has 2 aromatic heterocycles. The fourth-order valence-corrected chi connectivity index (χ4v) is 2.87. The van der Waals surface area contributed by atoms with Gasteiger partial charge in [0.15, 0.2) is 0 Å². The third-order valence-corrected chi connectivity index (χ3v) is 4.22. The summed E-state index contributed by atoms with van der Waals surface area (Å²) in [6.45, 7) is 4.80. The van der Waals surface area contributed by atoms with Crippen molar-refractivity contribution in [2.75, 3.05) is 10.6 Å². The summed E-state index contributed by atoms with van der Waals surface area (Å²) < 4.78 is 1.78. The number of rotatable bonds is 6. The molecule has 0 unspecified atom stereocenters. The number of carbonyl (C=O) groups excluding carboxylic acids is 1. The van der Waals surface area contributed by atoms with Crippen molar-refractivity contribution in [3.8, 4) is 0 Å². The molecule has 0 aliphatic rings. The zero-order valence-electron chi connectivity index (χ0n) is 15.1. The smallest absolute Gasteiger partial charge is 0.307 e. The third kappa shape index (κ3) is 4.27. The van der Waals surface area contributed by atoms with Gasteiger partial charge < -0.3 is 10.6 Å². The highest BCUT2D eigenvalue weighted by atomic mass is 16.2. The maximum atomic E-state index is 12.4. The second-order valence-corrected chi connectivity index (χ2v) is 6.02. The number of urea groups is 1. The van der Waals surface area contributed by atoms with E-state index in [0.29, 0.717) is 12.2 Å². The highest BCUT2D eigenvalue weighted by Crippen LogP contribution is 2.22. The second kappa shape index (κ2) is 8.29. The number of benzene rings is 1. The van der Waals surface area contributed by atoms with E-state index in [2.05, 4.69) is 34.6 Å². The summed E-state index contributed by atoms with van der Waals surface area (Å²) in [5.74, 6) is 0. The molecule has 0 fully saturated rings. The SMILES string of the molecule is CCc1cccc(CC)c1NC(=O)Nc1cnn(Cc2ccncc2)c1. The number of pyridine rings is 1. The second-order valence-electron chi connectivity index (χ2n) is 6.02. The molecule has 3 rings (SSSR count). The average Bonchev–Trinajstić information content (AvgIpc) is 3.09. The van der Waals surface area contributed by atoms with Gasteiger partial charge in [0.25, 0.3) is 0 Å². The van der Waals surface area contributed by atoms with Crippen LogP contribution in [0.25, 0.3) is 0 Å². The molecule has 0 aliphatic heterocycles. The average molecular weight is 349 g/mol. The Hall–Kier alpha value is -3.15. The topological polar surface area (TPSA) is 71.8 Å². The lowest BCUT2D eigenvalue weighted by molar-refractivity contribution is 0.262. The Morgan fingerprint density at radius 2 is 1.73 bits per heavy atom. The fourth-order valence-electron chi connectivity index (χ4n) is 2.87. The van der Waals surface area contributed by atoms with Gasteiger partial charge in [0.1, 0.15) is 0 Å². The third-order valence-electron chi connectivity index (χ3n) is 4.22. The Morgan fingerprint density at radius 1 is 1.04 bits per heavy atom. The van der Waals surface area contributed by atoms with Crippen LogP contribution in [0.2, 0.25) is 0 Å². The normalized spacial score (nSPS) is 10.5. The number of nitrogens with zero attached hydrogens (tertiary/aromatic N) is 3. The Balaban J connectivity index is 1.66. The molecule has 1 aromatic carbocycles. The van der Waals surface area contributed by atoms with Gasteiger partial charge in [0.2, 0.25) is 0 Å². The number of aryl methyl sites for hydroxylation is 2. The van der Waals surface area contributed by atoms with Crippen molar-refractivity contribution in [2.24, 2.45) is 0 Å². The van der Waals surface area contributed by atoms with E-state index in [1.807, 2.05) is 36.5 Å². The molecule has 3 aromatic rings. The Morgan fingerprint density at radius 3 is 2.38 bits per heavy atom. The van der Waals surface area contributed by atoms with Crippen LogP contribution >= 0.6 is 0 Å². The first-order valence-corrected chi connectivity index (χ1v) is 8.79. The summed E-state index contributed by atoms with van der Waals surface area (Å²) in [7, 11) is 0. The fraction of sp³-hybridized carbons (Fsp3) is 0.250. The van der Waals surface area contributed by atoms with Gasteiger partial charge >= 0.3 is 6.03 Å². The summed E-state index contributed by atoms with van der Waals surface area (Å²) in [4.78, 5) is 16.4. The monoisotopic (exact) mass is 349 g/mol. The van der Waals surface area contributed by atoms with Crippen molar-refractivity contribution in [1.82, 2.24) is 14.8 Å². The number of hydrogen-bond acceptors (Lipinski definition) is 3. The molecule has 2 amide bonds. The molecule has 0 saturated carbocycles. The first kappa shape index (κ1) is 17.7. The van der Waals surface area contributed by atoms with Crippen LogP contribution in [0, 0.1) is 0 Å². The summed E-state index contributed by atoms with van der Waals surface area (Å²) in [5.41, 5.74) is 4.92. The number of amides is 2. The maximum Gasteiger partial charge on any atom is 0.323 e. The first-order chi connectivity index (χ1) is 12.7. The van der Waals surface area contributed by atoms with E-state index >= 15 is 0 Å². The summed E-state index contributed by atoms with van der Waals surface area (Å²) in [5, 5.41) is 10.1. The number of carbonyl (C=O) groups is 1. The summed E-state index contributed by atoms with van der Waals surface area (Å²) in [6.07, 6.45) is 8.70. The molecule has 0 bridgehead atoms. The molecule has 134 valence electrons. The van der Waals surface area contributed by atoms with Crippen molar-refractivity contribution in [2.45, 2.75) is 33.2 Å². The number of nitrogens with one attached hydrogen (secondary N) is 2. The van der Waals surface area contributed by atoms with Gasteiger partial charge in [0.05, 0.1) is 18.4 Å². The van der Waals surface area contributed by atoms with Crippen molar-refractivity contribution in [3.05, 3.63) is 71.8 Å². The number of anilines is 2. The standard InChI is InChI=1S/C20H23N5O/c1-3-16-6-5-7-17(4-2)19(16)24-20(26)23-18-12-22-25(14-18)13-15-8-10-21-11-9-15/h5-12,14H,3-4,13H2,1-2H3,(H2,23,24,26). The van der Waals surface area contributed by atoms with Gasteiger partial charge in [0, 0.05) is 24.3 Å². The largest absolute Gasteiger partial charge is 0.323 e. The highest BCUT2D eigenvalue weighted by molar-refractivity contribution is 6.00. The molecule has 0 aliphatic carbocycles. The zero-order chi connectivity index (χ0) is 18.4. The van der Waals surface area contributed by atoms with E-state index in [1.54, 1.807) is 23.3 Å². The molecular weight excluding hydrogens is 326 g/mol. The highest BCUT2D eigenvalue weighted by Gasteiger charge is 2.11. The Kier molecular flexibility index (Phi) is 5.63. The van der Waals surface area contributed by atoms with E-state index in [1.165, 1.54) is 0 Å². The van der Waals surface area contributed by atoms with E-state index in [0.717, 1.165) is 35.2 Å². The van der Waals surface area contributed by atoms with Crippen molar-refractivity contribution < 1.29 is 4.79 Å². The molecule has 0 saturated heterocycles. The lowest BCUT2D eigenvalue weighted by atomic mass is 10.0. The molecule has 6 nitrogen and oxygen atoms in total. The van der Waals surface area contributed by atoms with Crippen LogP contribution in [0.1, 0.15) is 30.5 Å². The van der Waals surface area contributed by atoms with E-state index < -0.39 is 0 Å². The molecule has 0 atom stereocenters.